The zero-order chi connectivity index (χ0) is 13.7. The Morgan fingerprint density at radius 2 is 2.28 bits per heavy atom. The maximum absolute atomic E-state index is 12.5. The highest BCUT2D eigenvalue weighted by Gasteiger charge is 2.16. The van der Waals surface area contributed by atoms with E-state index in [0.29, 0.717) is 18.1 Å². The molecule has 18 heavy (non-hydrogen) atoms. The molecule has 0 bridgehead atoms. The lowest BCUT2D eigenvalue weighted by molar-refractivity contribution is -0.133. The van der Waals surface area contributed by atoms with E-state index in [-0.39, 0.29) is 11.4 Å². The molecule has 0 radical (unpaired) electrons. The number of halogens is 2. The van der Waals surface area contributed by atoms with E-state index >= 15 is 0 Å². The van der Waals surface area contributed by atoms with Crippen LogP contribution in [0.25, 0.3) is 0 Å². The van der Waals surface area contributed by atoms with Crippen molar-refractivity contribution < 1.29 is 18.7 Å². The van der Waals surface area contributed by atoms with Gasteiger partial charge in [-0.2, -0.15) is 5.10 Å². The summed E-state index contributed by atoms with van der Waals surface area (Å²) in [6.07, 6.45) is -2.64. The fourth-order valence-corrected chi connectivity index (χ4v) is 1.99. The van der Waals surface area contributed by atoms with E-state index in [0.717, 1.165) is 11.8 Å². The summed E-state index contributed by atoms with van der Waals surface area (Å²) in [6.45, 7) is 1.09. The first-order valence-corrected chi connectivity index (χ1v) is 6.24. The molecule has 102 valence electrons. The fourth-order valence-electron chi connectivity index (χ4n) is 1.23. The van der Waals surface area contributed by atoms with Gasteiger partial charge in [0.2, 0.25) is 0 Å². The van der Waals surface area contributed by atoms with Crippen molar-refractivity contribution in [1.82, 2.24) is 14.7 Å². The summed E-state index contributed by atoms with van der Waals surface area (Å²) in [4.78, 5) is 12.4. The maximum Gasteiger partial charge on any atom is 0.313 e. The summed E-state index contributed by atoms with van der Waals surface area (Å²) in [5.41, 5.74) is -0.318. The van der Waals surface area contributed by atoms with Gasteiger partial charge in [0.1, 0.15) is 5.69 Å². The predicted molar refractivity (Wildman–Crippen MR) is 64.1 cm³/mol. The highest BCUT2D eigenvalue weighted by Crippen LogP contribution is 2.24. The van der Waals surface area contributed by atoms with E-state index in [1.165, 1.54) is 10.7 Å². The first kappa shape index (κ1) is 14.9. The number of nitrogens with zero attached hydrogens (tertiary/aromatic N) is 3. The van der Waals surface area contributed by atoms with Crippen LogP contribution in [-0.2, 0) is 11.3 Å². The highest BCUT2D eigenvalue weighted by molar-refractivity contribution is 7.99. The third-order valence-electron chi connectivity index (χ3n) is 2.09. The van der Waals surface area contributed by atoms with Gasteiger partial charge in [-0.15, -0.1) is 0 Å². The predicted octanol–water partition coefficient (Wildman–Crippen LogP) is 1.56. The number of carboxylic acid groups (broad SMARTS) is 1. The average Bonchev–Trinajstić information content (AvgIpc) is 2.66. The lowest BCUT2D eigenvalue weighted by Crippen LogP contribution is -2.19. The summed E-state index contributed by atoms with van der Waals surface area (Å²) in [5.74, 6) is -1.16. The van der Waals surface area contributed by atoms with Gasteiger partial charge in [-0.05, 0) is 20.2 Å². The van der Waals surface area contributed by atoms with E-state index in [9.17, 15) is 13.6 Å². The molecule has 5 nitrogen and oxygen atoms in total. The standard InChI is InChI=1S/C10H15F2N3O2S/c1-14(2)3-4-15-8(18-6-9(16)17)5-7(13-15)10(11)12/h5,10H,3-4,6H2,1-2H3,(H,16,17). The minimum absolute atomic E-state index is 0.170. The monoisotopic (exact) mass is 279 g/mol. The largest absolute Gasteiger partial charge is 0.481 e. The summed E-state index contributed by atoms with van der Waals surface area (Å²) in [7, 11) is 3.73. The minimum Gasteiger partial charge on any atom is -0.481 e. The van der Waals surface area contributed by atoms with Crippen molar-refractivity contribution in [2.45, 2.75) is 18.0 Å². The van der Waals surface area contributed by atoms with Gasteiger partial charge in [-0.1, -0.05) is 11.8 Å². The van der Waals surface area contributed by atoms with E-state index in [4.69, 9.17) is 5.11 Å². The number of hydrogen-bond acceptors (Lipinski definition) is 4. The molecule has 1 aromatic rings. The molecule has 1 heterocycles. The van der Waals surface area contributed by atoms with Crippen molar-refractivity contribution in [3.63, 3.8) is 0 Å². The molecule has 0 saturated heterocycles. The number of likely N-dealkylation sites (N-methyl/N-ethyl adjacent to an activating group) is 1. The van der Waals surface area contributed by atoms with Crippen molar-refractivity contribution in [3.8, 4) is 0 Å². The van der Waals surface area contributed by atoms with Crippen molar-refractivity contribution in [2.75, 3.05) is 26.4 Å². The van der Waals surface area contributed by atoms with Gasteiger partial charge in [0.15, 0.2) is 0 Å². The maximum atomic E-state index is 12.5. The molecule has 1 aromatic heterocycles. The number of hydrogen-bond donors (Lipinski definition) is 1. The molecule has 1 rings (SSSR count). The first-order valence-electron chi connectivity index (χ1n) is 5.25. The third-order valence-corrected chi connectivity index (χ3v) is 3.10. The molecule has 0 aliphatic heterocycles. The number of carboxylic acids is 1. The Hall–Kier alpha value is -1.15. The normalized spacial score (nSPS) is 11.4. The van der Waals surface area contributed by atoms with E-state index < -0.39 is 12.4 Å². The highest BCUT2D eigenvalue weighted by atomic mass is 32.2. The average molecular weight is 279 g/mol. The Morgan fingerprint density at radius 3 is 2.78 bits per heavy atom. The van der Waals surface area contributed by atoms with Crippen molar-refractivity contribution in [2.24, 2.45) is 0 Å². The molecular formula is C10H15F2N3O2S. The second-order valence-electron chi connectivity index (χ2n) is 3.92. The number of rotatable bonds is 7. The van der Waals surface area contributed by atoms with E-state index in [1.54, 1.807) is 0 Å². The first-order chi connectivity index (χ1) is 8.40. The van der Waals surface area contributed by atoms with Crippen LogP contribution in [0.4, 0.5) is 8.78 Å². The van der Waals surface area contributed by atoms with Gasteiger partial charge in [-0.3, -0.25) is 9.48 Å². The molecule has 0 amide bonds. The van der Waals surface area contributed by atoms with Crippen LogP contribution in [0.5, 0.6) is 0 Å². The van der Waals surface area contributed by atoms with Crippen LogP contribution in [0.3, 0.4) is 0 Å². The Bertz CT molecular complexity index is 410. The van der Waals surface area contributed by atoms with Crippen LogP contribution in [0, 0.1) is 0 Å². The van der Waals surface area contributed by atoms with E-state index in [2.05, 4.69) is 5.10 Å². The topological polar surface area (TPSA) is 58.4 Å². The van der Waals surface area contributed by atoms with Gasteiger partial charge in [0, 0.05) is 6.54 Å². The second kappa shape index (κ2) is 6.69. The molecule has 0 atom stereocenters. The quantitative estimate of drug-likeness (QED) is 0.768. The molecule has 0 aromatic carbocycles. The molecule has 0 aliphatic carbocycles. The van der Waals surface area contributed by atoms with Crippen LogP contribution < -0.4 is 0 Å². The smallest absolute Gasteiger partial charge is 0.313 e. The van der Waals surface area contributed by atoms with Crippen molar-refractivity contribution >= 4 is 17.7 Å². The summed E-state index contributed by atoms with van der Waals surface area (Å²) >= 11 is 0.994. The molecule has 1 N–H and O–H groups in total. The molecular weight excluding hydrogens is 264 g/mol. The Labute approximate surface area is 108 Å². The zero-order valence-electron chi connectivity index (χ0n) is 10.1. The van der Waals surface area contributed by atoms with Gasteiger partial charge in [0.05, 0.1) is 17.3 Å². The van der Waals surface area contributed by atoms with Crippen LogP contribution in [-0.4, -0.2) is 52.1 Å². The van der Waals surface area contributed by atoms with Gasteiger partial charge in [0.25, 0.3) is 6.43 Å². The van der Waals surface area contributed by atoms with Crippen molar-refractivity contribution in [1.29, 1.82) is 0 Å². The lowest BCUT2D eigenvalue weighted by atomic mass is 10.5. The molecule has 0 aliphatic rings. The Morgan fingerprint density at radius 1 is 1.61 bits per heavy atom. The molecule has 0 spiro atoms. The van der Waals surface area contributed by atoms with Gasteiger partial charge < -0.3 is 10.0 Å². The lowest BCUT2D eigenvalue weighted by Gasteiger charge is -2.11. The number of aromatic nitrogens is 2. The number of aliphatic carboxylic acids is 1. The van der Waals surface area contributed by atoms with Crippen LogP contribution in [0.1, 0.15) is 12.1 Å². The Balaban J connectivity index is 2.79. The second-order valence-corrected chi connectivity index (χ2v) is 4.91. The van der Waals surface area contributed by atoms with Crippen LogP contribution in [0.15, 0.2) is 11.1 Å². The zero-order valence-corrected chi connectivity index (χ0v) is 11.0. The van der Waals surface area contributed by atoms with Crippen LogP contribution in [0.2, 0.25) is 0 Å². The van der Waals surface area contributed by atoms with Crippen LogP contribution >= 0.6 is 11.8 Å². The van der Waals surface area contributed by atoms with Gasteiger partial charge in [-0.25, -0.2) is 8.78 Å². The summed E-state index contributed by atoms with van der Waals surface area (Å²) in [5, 5.41) is 12.8. The van der Waals surface area contributed by atoms with Gasteiger partial charge >= 0.3 is 5.97 Å². The molecule has 0 fully saturated rings. The number of carbonyl (C=O) groups is 1. The van der Waals surface area contributed by atoms with Crippen molar-refractivity contribution in [3.05, 3.63) is 11.8 Å². The number of alkyl halides is 2. The molecule has 0 saturated carbocycles. The minimum atomic E-state index is -2.64. The number of thioether (sulfide) groups is 1. The fraction of sp³-hybridized carbons (Fsp3) is 0.600. The SMILES string of the molecule is CN(C)CCn1nc(C(F)F)cc1SCC(=O)O. The molecule has 8 heteroatoms. The Kier molecular flexibility index (Phi) is 5.54. The third kappa shape index (κ3) is 4.61. The summed E-state index contributed by atoms with van der Waals surface area (Å²) < 4.78 is 26.5. The molecule has 0 unspecified atom stereocenters. The summed E-state index contributed by atoms with van der Waals surface area (Å²) in [6, 6.07) is 1.24. The van der Waals surface area contributed by atoms with E-state index in [1.807, 2.05) is 19.0 Å².